The Morgan fingerprint density at radius 1 is 1.23 bits per heavy atom. The number of hydrogen-bond acceptors (Lipinski definition) is 4. The second-order valence-electron chi connectivity index (χ2n) is 5.14. The first kappa shape index (κ1) is 23.3. The molecule has 26 heavy (non-hydrogen) atoms. The van der Waals surface area contributed by atoms with Crippen LogP contribution in [0.15, 0.2) is 53.5 Å². The maximum absolute atomic E-state index is 12.2. The number of nitrogens with two attached hydrogens (primary N) is 1. The van der Waals surface area contributed by atoms with E-state index < -0.39 is 0 Å². The Balaban J connectivity index is 0.000000458. The van der Waals surface area contributed by atoms with E-state index >= 15 is 0 Å². The molecular weight excluding hydrogens is 331 g/mol. The number of nitrogens with zero attached hydrogens (tertiary/aromatic N) is 1. The fourth-order valence-corrected chi connectivity index (χ4v) is 1.99. The lowest BCUT2D eigenvalue weighted by Gasteiger charge is -2.13. The van der Waals surface area contributed by atoms with E-state index in [1.807, 2.05) is 33.9 Å². The van der Waals surface area contributed by atoms with Crippen LogP contribution in [-0.4, -0.2) is 30.7 Å². The molecule has 2 rings (SSSR count). The molecule has 0 radical (unpaired) electrons. The van der Waals surface area contributed by atoms with E-state index in [9.17, 15) is 9.50 Å². The molecule has 2 aromatic rings. The molecule has 142 valence electrons. The smallest absolute Gasteiger partial charge is 0.124 e. The minimum Gasteiger partial charge on any atom is -0.507 e. The van der Waals surface area contributed by atoms with Gasteiger partial charge in [0.15, 0.2) is 0 Å². The van der Waals surface area contributed by atoms with Crippen molar-refractivity contribution < 1.29 is 9.50 Å². The molecule has 1 unspecified atom stereocenters. The summed E-state index contributed by atoms with van der Waals surface area (Å²) in [6.45, 7) is 6.71. The number of halogens is 1. The Morgan fingerprint density at radius 3 is 2.31 bits per heavy atom. The largest absolute Gasteiger partial charge is 0.507 e. The van der Waals surface area contributed by atoms with Gasteiger partial charge in [-0.2, -0.15) is 0 Å². The van der Waals surface area contributed by atoms with Crippen molar-refractivity contribution in [3.05, 3.63) is 59.9 Å². The van der Waals surface area contributed by atoms with Crippen LogP contribution in [0.3, 0.4) is 0 Å². The van der Waals surface area contributed by atoms with E-state index in [2.05, 4.69) is 10.3 Å². The predicted molar refractivity (Wildman–Crippen MR) is 108 cm³/mol. The average molecular weight is 360 g/mol. The standard InChI is InChI=1S/C11H16N2O.C7H7FN2.C2H6/c1-8(7-13-2)11(12)9-5-3-4-6-10(9)14;8-6-1-3-7(4-2-6)10-5-9;1-2/h3-6,8,12-14H,7H2,1-2H3;1-5H,(H2,9,10);1-2H3. The lowest BCUT2D eigenvalue weighted by atomic mass is 9.98. The highest BCUT2D eigenvalue weighted by atomic mass is 19.1. The molecule has 0 amide bonds. The van der Waals surface area contributed by atoms with Gasteiger partial charge in [-0.05, 0) is 43.4 Å². The van der Waals surface area contributed by atoms with Crippen molar-refractivity contribution in [1.29, 1.82) is 5.41 Å². The highest BCUT2D eigenvalue weighted by Gasteiger charge is 2.12. The number of phenolic OH excluding ortho intramolecular Hbond substituents is 1. The molecule has 0 spiro atoms. The van der Waals surface area contributed by atoms with Crippen LogP contribution in [0.4, 0.5) is 10.1 Å². The number of nitrogens with one attached hydrogen (secondary N) is 2. The Morgan fingerprint density at radius 2 is 1.81 bits per heavy atom. The number of phenols is 1. The van der Waals surface area contributed by atoms with Crippen LogP contribution in [-0.2, 0) is 0 Å². The number of aromatic hydroxyl groups is 1. The Labute approximate surface area is 155 Å². The Kier molecular flexibility index (Phi) is 12.1. The molecule has 5 N–H and O–H groups in total. The molecule has 0 saturated heterocycles. The molecule has 0 aromatic heterocycles. The van der Waals surface area contributed by atoms with Gasteiger partial charge in [-0.15, -0.1) is 0 Å². The fourth-order valence-electron chi connectivity index (χ4n) is 1.99. The van der Waals surface area contributed by atoms with Crippen LogP contribution >= 0.6 is 0 Å². The summed E-state index contributed by atoms with van der Waals surface area (Å²) >= 11 is 0. The molecule has 0 aliphatic heterocycles. The first-order chi connectivity index (χ1) is 12.5. The molecule has 0 fully saturated rings. The normalized spacial score (nSPS) is 11.0. The van der Waals surface area contributed by atoms with Crippen LogP contribution in [0.2, 0.25) is 0 Å². The van der Waals surface area contributed by atoms with Gasteiger partial charge in [-0.3, -0.25) is 0 Å². The summed E-state index contributed by atoms with van der Waals surface area (Å²) < 4.78 is 12.2. The highest BCUT2D eigenvalue weighted by molar-refractivity contribution is 6.02. The number of rotatable bonds is 5. The van der Waals surface area contributed by atoms with E-state index in [1.165, 1.54) is 18.5 Å². The van der Waals surface area contributed by atoms with Gasteiger partial charge in [0.2, 0.25) is 0 Å². The maximum atomic E-state index is 12.2. The lowest BCUT2D eigenvalue weighted by Crippen LogP contribution is -2.23. The molecule has 2 aromatic carbocycles. The first-order valence-corrected chi connectivity index (χ1v) is 8.50. The molecule has 1 atom stereocenters. The predicted octanol–water partition coefficient (Wildman–Crippen LogP) is 4.09. The summed E-state index contributed by atoms with van der Waals surface area (Å²) in [5, 5.41) is 20.4. The second-order valence-corrected chi connectivity index (χ2v) is 5.14. The molecule has 0 saturated carbocycles. The van der Waals surface area contributed by atoms with Crippen molar-refractivity contribution in [1.82, 2.24) is 5.32 Å². The van der Waals surface area contributed by atoms with E-state index in [1.54, 1.807) is 30.3 Å². The summed E-state index contributed by atoms with van der Waals surface area (Å²) in [6, 6.07) is 12.7. The van der Waals surface area contributed by atoms with Gasteiger partial charge in [-0.25, -0.2) is 9.38 Å². The van der Waals surface area contributed by atoms with Gasteiger partial charge < -0.3 is 21.6 Å². The molecule has 5 nitrogen and oxygen atoms in total. The van der Waals surface area contributed by atoms with E-state index in [4.69, 9.17) is 11.1 Å². The summed E-state index contributed by atoms with van der Waals surface area (Å²) in [5.74, 6) is 0.0183. The summed E-state index contributed by atoms with van der Waals surface area (Å²) in [5.41, 5.74) is 6.76. The lowest BCUT2D eigenvalue weighted by molar-refractivity contribution is 0.473. The van der Waals surface area contributed by atoms with Crippen LogP contribution in [0.1, 0.15) is 26.3 Å². The van der Waals surface area contributed by atoms with Crippen molar-refractivity contribution >= 4 is 17.7 Å². The van der Waals surface area contributed by atoms with Crippen molar-refractivity contribution in [2.45, 2.75) is 20.8 Å². The van der Waals surface area contributed by atoms with Gasteiger partial charge in [0.05, 0.1) is 12.0 Å². The number of benzene rings is 2. The van der Waals surface area contributed by atoms with E-state index in [0.717, 1.165) is 6.54 Å². The number of para-hydroxylation sites is 1. The maximum Gasteiger partial charge on any atom is 0.124 e. The third-order valence-electron chi connectivity index (χ3n) is 3.25. The van der Waals surface area contributed by atoms with Crippen molar-refractivity contribution in [2.75, 3.05) is 13.6 Å². The number of hydrogen-bond donors (Lipinski definition) is 4. The molecule has 0 aliphatic rings. The van der Waals surface area contributed by atoms with E-state index in [-0.39, 0.29) is 17.5 Å². The summed E-state index contributed by atoms with van der Waals surface area (Å²) in [6.07, 6.45) is 1.17. The minimum absolute atomic E-state index is 0.105. The van der Waals surface area contributed by atoms with Crippen LogP contribution in [0, 0.1) is 17.1 Å². The minimum atomic E-state index is -0.268. The summed E-state index contributed by atoms with van der Waals surface area (Å²) in [4.78, 5) is 3.73. The van der Waals surface area contributed by atoms with Crippen molar-refractivity contribution in [3.63, 3.8) is 0 Å². The fraction of sp³-hybridized carbons (Fsp3) is 0.300. The van der Waals surface area contributed by atoms with Crippen molar-refractivity contribution in [3.8, 4) is 5.75 Å². The van der Waals surface area contributed by atoms with Crippen LogP contribution < -0.4 is 11.1 Å². The quantitative estimate of drug-likeness (QED) is 0.478. The molecule has 0 heterocycles. The zero-order valence-corrected chi connectivity index (χ0v) is 15.8. The topological polar surface area (TPSA) is 94.5 Å². The van der Waals surface area contributed by atoms with Gasteiger partial charge >= 0.3 is 0 Å². The Hall–Kier alpha value is -2.73. The average Bonchev–Trinajstić information content (AvgIpc) is 2.66. The van der Waals surface area contributed by atoms with Gasteiger partial charge in [0.25, 0.3) is 0 Å². The third-order valence-corrected chi connectivity index (χ3v) is 3.25. The highest BCUT2D eigenvalue weighted by Crippen LogP contribution is 2.19. The monoisotopic (exact) mass is 360 g/mol. The van der Waals surface area contributed by atoms with Gasteiger partial charge in [0.1, 0.15) is 11.6 Å². The molecule has 0 aliphatic carbocycles. The molecule has 6 heteroatoms. The number of aliphatic imine (C=N–C) groups is 1. The molecule has 0 bridgehead atoms. The first-order valence-electron chi connectivity index (χ1n) is 8.50. The Bertz CT molecular complexity index is 672. The summed E-state index contributed by atoms with van der Waals surface area (Å²) in [7, 11) is 1.86. The second kappa shape index (κ2) is 13.5. The van der Waals surface area contributed by atoms with Crippen LogP contribution in [0.5, 0.6) is 5.75 Å². The van der Waals surface area contributed by atoms with E-state index in [0.29, 0.717) is 17.0 Å². The molecular formula is C20H29FN4O. The van der Waals surface area contributed by atoms with Gasteiger partial charge in [0, 0.05) is 23.7 Å². The third kappa shape index (κ3) is 8.39. The van der Waals surface area contributed by atoms with Crippen molar-refractivity contribution in [2.24, 2.45) is 16.6 Å². The van der Waals surface area contributed by atoms with Crippen LogP contribution in [0.25, 0.3) is 0 Å². The zero-order chi connectivity index (χ0) is 19.9. The zero-order valence-electron chi connectivity index (χ0n) is 15.8. The van der Waals surface area contributed by atoms with Gasteiger partial charge in [-0.1, -0.05) is 32.9 Å². The SMILES string of the molecule is CC.CNCC(C)C(=N)c1ccccc1O.NC=Nc1ccc(F)cc1.